The molecule has 0 heterocycles. The first kappa shape index (κ1) is 14.4. The van der Waals surface area contributed by atoms with E-state index in [2.05, 4.69) is 36.6 Å². The van der Waals surface area contributed by atoms with Crippen LogP contribution in [0.3, 0.4) is 0 Å². The number of halogens is 2. The van der Waals surface area contributed by atoms with E-state index in [1.54, 1.807) is 13.8 Å². The number of alkyl halides is 2. The summed E-state index contributed by atoms with van der Waals surface area (Å²) in [5.41, 5.74) is 0. The van der Waals surface area contributed by atoms with Crippen LogP contribution in [0.1, 0.15) is 20.3 Å². The molecule has 0 aromatic rings. The van der Waals surface area contributed by atoms with Gasteiger partial charge in [-0.25, -0.2) is 13.2 Å². The van der Waals surface area contributed by atoms with Crippen LogP contribution in [0.5, 0.6) is 0 Å². The van der Waals surface area contributed by atoms with Crippen molar-refractivity contribution in [2.24, 2.45) is 0 Å². The zero-order valence-electron chi connectivity index (χ0n) is 7.92. The van der Waals surface area contributed by atoms with Crippen molar-refractivity contribution in [3.8, 4) is 0 Å². The molecule has 0 fully saturated rings. The minimum atomic E-state index is -3.57. The average molecular weight is 352 g/mol. The normalized spacial score (nSPS) is 12.6. The Morgan fingerprint density at radius 1 is 1.36 bits per heavy atom. The van der Waals surface area contributed by atoms with Crippen molar-refractivity contribution in [2.45, 2.75) is 22.8 Å². The summed E-state index contributed by atoms with van der Waals surface area (Å²) >= 11 is 5.65. The third-order valence-electron chi connectivity index (χ3n) is 1.38. The van der Waals surface area contributed by atoms with E-state index in [9.17, 15) is 13.2 Å². The highest BCUT2D eigenvalue weighted by Crippen LogP contribution is 2.35. The molecule has 14 heavy (non-hydrogen) atoms. The molecular weight excluding hydrogens is 340 g/mol. The molecule has 0 radical (unpaired) electrons. The molecule has 7 heteroatoms. The monoisotopic (exact) mass is 350 g/mol. The van der Waals surface area contributed by atoms with Crippen molar-refractivity contribution in [3.63, 3.8) is 0 Å². The Bertz CT molecular complexity index is 297. The Morgan fingerprint density at radius 2 is 1.86 bits per heavy atom. The van der Waals surface area contributed by atoms with Crippen LogP contribution >= 0.6 is 31.9 Å². The van der Waals surface area contributed by atoms with Gasteiger partial charge in [-0.1, -0.05) is 6.92 Å². The van der Waals surface area contributed by atoms with Gasteiger partial charge in [-0.2, -0.15) is 0 Å². The number of hydrogen-bond acceptors (Lipinski definition) is 4. The van der Waals surface area contributed by atoms with Crippen LogP contribution in [0, 0.1) is 0 Å². The Kier molecular flexibility index (Phi) is 5.61. The van der Waals surface area contributed by atoms with Gasteiger partial charge in [0.15, 0.2) is 9.84 Å². The molecule has 0 bridgehead atoms. The highest BCUT2D eigenvalue weighted by molar-refractivity contribution is 9.28. The molecule has 0 rings (SSSR count). The lowest BCUT2D eigenvalue weighted by atomic mass is 10.6. The molecule has 0 unspecified atom stereocenters. The second kappa shape index (κ2) is 5.46. The van der Waals surface area contributed by atoms with Gasteiger partial charge in [-0.15, -0.1) is 0 Å². The minimum Gasteiger partial charge on any atom is -0.464 e. The topological polar surface area (TPSA) is 60.4 Å². The van der Waals surface area contributed by atoms with Gasteiger partial charge in [-0.05, 0) is 45.2 Å². The van der Waals surface area contributed by atoms with Crippen molar-refractivity contribution in [2.75, 3.05) is 12.4 Å². The smallest absolute Gasteiger partial charge is 0.349 e. The van der Waals surface area contributed by atoms with Gasteiger partial charge in [0, 0.05) is 0 Å². The van der Waals surface area contributed by atoms with E-state index < -0.39 is 18.4 Å². The summed E-state index contributed by atoms with van der Waals surface area (Å²) < 4.78 is 26.0. The lowest BCUT2D eigenvalue weighted by molar-refractivity contribution is -0.141. The summed E-state index contributed by atoms with van der Waals surface area (Å²) in [6.45, 7) is 3.47. The fraction of sp³-hybridized carbons (Fsp3) is 0.857. The first-order valence-electron chi connectivity index (χ1n) is 4.07. The summed E-state index contributed by atoms with van der Waals surface area (Å²) in [5.74, 6) is -0.920. The molecule has 0 aliphatic carbocycles. The number of carbonyl (C=O) groups excluding carboxylic acids is 1. The van der Waals surface area contributed by atoms with E-state index in [-0.39, 0.29) is 12.4 Å². The quantitative estimate of drug-likeness (QED) is 0.560. The predicted octanol–water partition coefficient (Wildman–Crippen LogP) is 1.82. The molecule has 0 amide bonds. The Hall–Kier alpha value is 0.380. The second-order valence-electron chi connectivity index (χ2n) is 2.56. The summed E-state index contributed by atoms with van der Waals surface area (Å²) in [6.07, 6.45) is 0.445. The van der Waals surface area contributed by atoms with Crippen molar-refractivity contribution in [1.82, 2.24) is 0 Å². The first-order chi connectivity index (χ1) is 6.29. The van der Waals surface area contributed by atoms with Gasteiger partial charge in [0.2, 0.25) is 0 Å². The van der Waals surface area contributed by atoms with Crippen LogP contribution < -0.4 is 0 Å². The Balaban J connectivity index is 4.85. The lowest BCUT2D eigenvalue weighted by Crippen LogP contribution is -2.37. The van der Waals surface area contributed by atoms with E-state index in [1.165, 1.54) is 0 Å². The number of hydrogen-bond donors (Lipinski definition) is 0. The van der Waals surface area contributed by atoms with Crippen LogP contribution in [0.25, 0.3) is 0 Å². The summed E-state index contributed by atoms with van der Waals surface area (Å²) in [4.78, 5) is 11.3. The molecule has 0 aromatic heterocycles. The molecular formula is C7H12Br2O4S. The van der Waals surface area contributed by atoms with Crippen LogP contribution in [0.2, 0.25) is 0 Å². The van der Waals surface area contributed by atoms with Gasteiger partial charge in [-0.3, -0.25) is 0 Å². The van der Waals surface area contributed by atoms with Crippen molar-refractivity contribution >= 4 is 47.7 Å². The van der Waals surface area contributed by atoms with Crippen molar-refractivity contribution in [1.29, 1.82) is 0 Å². The molecule has 0 atom stereocenters. The predicted molar refractivity (Wildman–Crippen MR) is 61.3 cm³/mol. The fourth-order valence-corrected chi connectivity index (χ4v) is 3.05. The van der Waals surface area contributed by atoms with E-state index in [1.807, 2.05) is 0 Å². The Morgan fingerprint density at radius 3 is 2.21 bits per heavy atom. The molecule has 84 valence electrons. The number of esters is 1. The maximum absolute atomic E-state index is 11.6. The highest BCUT2D eigenvalue weighted by atomic mass is 79.9. The number of ether oxygens (including phenoxy) is 1. The third kappa shape index (κ3) is 3.20. The SMILES string of the molecule is CCCS(=O)(=O)C(Br)(Br)C(=O)OCC. The molecule has 0 spiro atoms. The van der Waals surface area contributed by atoms with Crippen molar-refractivity contribution < 1.29 is 17.9 Å². The minimum absolute atomic E-state index is 0.0810. The van der Waals surface area contributed by atoms with Gasteiger partial charge in [0.1, 0.15) is 0 Å². The van der Waals surface area contributed by atoms with Gasteiger partial charge >= 0.3 is 5.97 Å². The second-order valence-corrected chi connectivity index (χ2v) is 9.30. The average Bonchev–Trinajstić information content (AvgIpc) is 2.04. The van der Waals surface area contributed by atoms with Gasteiger partial charge in [0.25, 0.3) is 2.57 Å². The van der Waals surface area contributed by atoms with Crippen LogP contribution in [-0.2, 0) is 19.4 Å². The maximum atomic E-state index is 11.6. The molecule has 0 aromatic carbocycles. The molecule has 0 N–H and O–H groups in total. The zero-order valence-corrected chi connectivity index (χ0v) is 11.9. The summed E-state index contributed by atoms with van der Waals surface area (Å²) in [6, 6.07) is 0. The van der Waals surface area contributed by atoms with Gasteiger partial charge < -0.3 is 4.74 Å². The van der Waals surface area contributed by atoms with Crippen LogP contribution in [0.4, 0.5) is 0 Å². The summed E-state index contributed by atoms with van der Waals surface area (Å²) in [7, 11) is -3.57. The zero-order chi connectivity index (χ0) is 11.4. The standard InChI is InChI=1S/C7H12Br2O4S/c1-3-5-14(11,12)7(8,9)6(10)13-4-2/h3-5H2,1-2H3. The number of sulfone groups is 1. The molecule has 0 saturated carbocycles. The number of carbonyl (C=O) groups is 1. The number of rotatable bonds is 5. The molecule has 4 nitrogen and oxygen atoms in total. The molecule has 0 aliphatic heterocycles. The van der Waals surface area contributed by atoms with E-state index in [0.717, 1.165) is 0 Å². The van der Waals surface area contributed by atoms with Crippen molar-refractivity contribution in [3.05, 3.63) is 0 Å². The van der Waals surface area contributed by atoms with Crippen LogP contribution in [-0.4, -0.2) is 29.3 Å². The largest absolute Gasteiger partial charge is 0.464 e. The van der Waals surface area contributed by atoms with Gasteiger partial charge in [0.05, 0.1) is 12.4 Å². The van der Waals surface area contributed by atoms with E-state index >= 15 is 0 Å². The highest BCUT2D eigenvalue weighted by Gasteiger charge is 2.47. The van der Waals surface area contributed by atoms with E-state index in [0.29, 0.717) is 6.42 Å². The molecule has 0 saturated heterocycles. The maximum Gasteiger partial charge on any atom is 0.349 e. The fourth-order valence-electron chi connectivity index (χ4n) is 0.739. The lowest BCUT2D eigenvalue weighted by Gasteiger charge is -2.18. The van der Waals surface area contributed by atoms with E-state index in [4.69, 9.17) is 0 Å². The molecule has 0 aliphatic rings. The third-order valence-corrected chi connectivity index (χ3v) is 6.88. The first-order valence-corrected chi connectivity index (χ1v) is 7.30. The van der Waals surface area contributed by atoms with Crippen LogP contribution in [0.15, 0.2) is 0 Å². The Labute approximate surface area is 101 Å². The summed E-state index contributed by atoms with van der Waals surface area (Å²) in [5, 5.41) is 0.